The topological polar surface area (TPSA) is 17.0 Å². The number of halogens is 1. The van der Waals surface area contributed by atoms with Crippen molar-refractivity contribution in [1.29, 1.82) is 0 Å². The summed E-state index contributed by atoms with van der Waals surface area (Å²) in [4.78, 5) is 1.38. The fourth-order valence-corrected chi connectivity index (χ4v) is 3.07. The summed E-state index contributed by atoms with van der Waals surface area (Å²) in [5.74, 6) is 0. The molecule has 0 unspecified atom stereocenters. The molecule has 86 valence electrons. The molecule has 2 rings (SSSR count). The molecule has 0 atom stereocenters. The molecule has 2 nitrogen and oxygen atoms in total. The molecule has 2 aromatic rings. The maximum atomic E-state index is 3.49. The van der Waals surface area contributed by atoms with Gasteiger partial charge in [-0.15, -0.1) is 11.3 Å². The Labute approximate surface area is 108 Å². The molecule has 0 aromatic carbocycles. The predicted octanol–water partition coefficient (Wildman–Crippen LogP) is 3.47. The summed E-state index contributed by atoms with van der Waals surface area (Å²) in [7, 11) is 0. The molecule has 2 aromatic heterocycles. The lowest BCUT2D eigenvalue weighted by atomic mass is 10.4. The maximum absolute atomic E-state index is 3.49. The summed E-state index contributed by atoms with van der Waals surface area (Å²) in [5.41, 5.74) is 1.34. The van der Waals surface area contributed by atoms with Crippen LogP contribution in [0.5, 0.6) is 0 Å². The lowest BCUT2D eigenvalue weighted by Crippen LogP contribution is -2.15. The second-order valence-electron chi connectivity index (χ2n) is 3.64. The van der Waals surface area contributed by atoms with Gasteiger partial charge in [-0.2, -0.15) is 0 Å². The van der Waals surface area contributed by atoms with Gasteiger partial charge < -0.3 is 9.88 Å². The molecule has 2 heterocycles. The van der Waals surface area contributed by atoms with Gasteiger partial charge in [-0.25, -0.2) is 0 Å². The number of rotatable bonds is 5. The average Bonchev–Trinajstić information content (AvgIpc) is 2.86. The molecule has 0 fully saturated rings. The fourth-order valence-electron chi connectivity index (χ4n) is 1.62. The van der Waals surface area contributed by atoms with Gasteiger partial charge in [-0.05, 0) is 40.7 Å². The SMILES string of the molecule is CCNCc1cccn1Cc1cc(Br)cs1. The van der Waals surface area contributed by atoms with Crippen molar-refractivity contribution in [3.05, 3.63) is 44.8 Å². The quantitative estimate of drug-likeness (QED) is 0.894. The Bertz CT molecular complexity index is 447. The van der Waals surface area contributed by atoms with Crippen molar-refractivity contribution in [2.45, 2.75) is 20.0 Å². The van der Waals surface area contributed by atoms with Crippen LogP contribution < -0.4 is 5.32 Å². The Kier molecular flexibility index (Phi) is 4.21. The first-order chi connectivity index (χ1) is 7.79. The highest BCUT2D eigenvalue weighted by Gasteiger charge is 2.03. The molecule has 0 saturated heterocycles. The standard InChI is InChI=1S/C12H15BrN2S/c1-2-14-7-11-4-3-5-15(11)8-12-6-10(13)9-16-12/h3-6,9,14H,2,7-8H2,1H3. The highest BCUT2D eigenvalue weighted by Crippen LogP contribution is 2.21. The van der Waals surface area contributed by atoms with E-state index in [1.165, 1.54) is 15.0 Å². The lowest BCUT2D eigenvalue weighted by Gasteiger charge is -2.08. The summed E-state index contributed by atoms with van der Waals surface area (Å²) < 4.78 is 3.47. The number of nitrogens with one attached hydrogen (secondary N) is 1. The predicted molar refractivity (Wildman–Crippen MR) is 72.9 cm³/mol. The van der Waals surface area contributed by atoms with Gasteiger partial charge in [-0.1, -0.05) is 6.92 Å². The second kappa shape index (κ2) is 5.66. The van der Waals surface area contributed by atoms with E-state index in [0.717, 1.165) is 19.6 Å². The highest BCUT2D eigenvalue weighted by atomic mass is 79.9. The number of aromatic nitrogens is 1. The van der Waals surface area contributed by atoms with Crippen LogP contribution in [0.25, 0.3) is 0 Å². The van der Waals surface area contributed by atoms with Gasteiger partial charge in [0.05, 0.1) is 6.54 Å². The van der Waals surface area contributed by atoms with E-state index < -0.39 is 0 Å². The number of nitrogens with zero attached hydrogens (tertiary/aromatic N) is 1. The van der Waals surface area contributed by atoms with Crippen molar-refractivity contribution in [1.82, 2.24) is 9.88 Å². The molecule has 16 heavy (non-hydrogen) atoms. The van der Waals surface area contributed by atoms with E-state index in [-0.39, 0.29) is 0 Å². The first-order valence-corrected chi connectivity index (χ1v) is 7.04. The molecule has 0 aliphatic carbocycles. The largest absolute Gasteiger partial charge is 0.345 e. The zero-order chi connectivity index (χ0) is 11.4. The second-order valence-corrected chi connectivity index (χ2v) is 5.55. The van der Waals surface area contributed by atoms with Crippen LogP contribution in [0.4, 0.5) is 0 Å². The van der Waals surface area contributed by atoms with E-state index in [9.17, 15) is 0 Å². The van der Waals surface area contributed by atoms with E-state index in [0.29, 0.717) is 0 Å². The smallest absolute Gasteiger partial charge is 0.0567 e. The highest BCUT2D eigenvalue weighted by molar-refractivity contribution is 9.10. The van der Waals surface area contributed by atoms with Crippen LogP contribution in [0.1, 0.15) is 17.5 Å². The van der Waals surface area contributed by atoms with E-state index in [1.54, 1.807) is 11.3 Å². The summed E-state index contributed by atoms with van der Waals surface area (Å²) in [6.45, 7) is 5.04. The maximum Gasteiger partial charge on any atom is 0.0567 e. The molecular weight excluding hydrogens is 284 g/mol. The summed E-state index contributed by atoms with van der Waals surface area (Å²) >= 11 is 5.28. The van der Waals surface area contributed by atoms with E-state index >= 15 is 0 Å². The van der Waals surface area contributed by atoms with Gasteiger partial charge >= 0.3 is 0 Å². The van der Waals surface area contributed by atoms with Gasteiger partial charge in [-0.3, -0.25) is 0 Å². The number of hydrogen-bond donors (Lipinski definition) is 1. The molecule has 0 spiro atoms. The molecular formula is C12H15BrN2S. The minimum atomic E-state index is 0.941. The van der Waals surface area contributed by atoms with Crippen molar-refractivity contribution in [2.75, 3.05) is 6.54 Å². The zero-order valence-corrected chi connectivity index (χ0v) is 11.6. The third-order valence-electron chi connectivity index (χ3n) is 2.43. The van der Waals surface area contributed by atoms with Crippen LogP contribution in [-0.4, -0.2) is 11.1 Å². The van der Waals surface area contributed by atoms with E-state index in [4.69, 9.17) is 0 Å². The Balaban J connectivity index is 2.06. The van der Waals surface area contributed by atoms with Crippen LogP contribution in [0.3, 0.4) is 0 Å². The average molecular weight is 299 g/mol. The Morgan fingerprint density at radius 1 is 1.50 bits per heavy atom. The summed E-state index contributed by atoms with van der Waals surface area (Å²) in [6.07, 6.45) is 2.14. The van der Waals surface area contributed by atoms with E-state index in [1.807, 2.05) is 0 Å². The first-order valence-electron chi connectivity index (χ1n) is 5.37. The lowest BCUT2D eigenvalue weighted by molar-refractivity contribution is 0.660. The molecule has 1 N–H and O–H groups in total. The Hall–Kier alpha value is -0.580. The fraction of sp³-hybridized carbons (Fsp3) is 0.333. The van der Waals surface area contributed by atoms with Gasteiger partial charge in [0.15, 0.2) is 0 Å². The summed E-state index contributed by atoms with van der Waals surface area (Å²) in [5, 5.41) is 5.48. The van der Waals surface area contributed by atoms with Crippen molar-refractivity contribution in [3.8, 4) is 0 Å². The van der Waals surface area contributed by atoms with Crippen LogP contribution in [0, 0.1) is 0 Å². The Morgan fingerprint density at radius 3 is 3.06 bits per heavy atom. The van der Waals surface area contributed by atoms with Gasteiger partial charge in [0, 0.05) is 33.2 Å². The van der Waals surface area contributed by atoms with Crippen LogP contribution >= 0.6 is 27.3 Å². The van der Waals surface area contributed by atoms with Crippen LogP contribution in [0.2, 0.25) is 0 Å². The number of thiophene rings is 1. The first kappa shape index (κ1) is 11.9. The molecule has 0 aliphatic heterocycles. The molecule has 4 heteroatoms. The molecule has 0 radical (unpaired) electrons. The summed E-state index contributed by atoms with van der Waals surface area (Å²) in [6, 6.07) is 6.46. The zero-order valence-electron chi connectivity index (χ0n) is 9.24. The third-order valence-corrected chi connectivity index (χ3v) is 4.11. The molecule has 0 amide bonds. The van der Waals surface area contributed by atoms with Gasteiger partial charge in [0.25, 0.3) is 0 Å². The van der Waals surface area contributed by atoms with Crippen molar-refractivity contribution in [3.63, 3.8) is 0 Å². The van der Waals surface area contributed by atoms with Crippen molar-refractivity contribution >= 4 is 27.3 Å². The Morgan fingerprint density at radius 2 is 2.38 bits per heavy atom. The monoisotopic (exact) mass is 298 g/mol. The van der Waals surface area contributed by atoms with Crippen molar-refractivity contribution in [2.24, 2.45) is 0 Å². The molecule has 0 bridgehead atoms. The third kappa shape index (κ3) is 2.97. The molecule has 0 saturated carbocycles. The van der Waals surface area contributed by atoms with Crippen LogP contribution in [0.15, 0.2) is 34.2 Å². The normalized spacial score (nSPS) is 10.9. The number of hydrogen-bond acceptors (Lipinski definition) is 2. The minimum absolute atomic E-state index is 0.941. The minimum Gasteiger partial charge on any atom is -0.345 e. The van der Waals surface area contributed by atoms with Gasteiger partial charge in [0.1, 0.15) is 0 Å². The van der Waals surface area contributed by atoms with Gasteiger partial charge in [0.2, 0.25) is 0 Å². The molecule has 0 aliphatic rings. The van der Waals surface area contributed by atoms with E-state index in [2.05, 4.69) is 62.5 Å². The van der Waals surface area contributed by atoms with Crippen LogP contribution in [-0.2, 0) is 13.1 Å². The van der Waals surface area contributed by atoms with Crippen molar-refractivity contribution < 1.29 is 0 Å².